The first-order chi connectivity index (χ1) is 9.29. The molecule has 3 rings (SSSR count). The molecule has 2 aromatic heterocycles. The summed E-state index contributed by atoms with van der Waals surface area (Å²) in [5.41, 5.74) is 3.24. The molecule has 0 aliphatic rings. The van der Waals surface area contributed by atoms with Crippen molar-refractivity contribution in [3.63, 3.8) is 0 Å². The second-order valence-electron chi connectivity index (χ2n) is 4.28. The zero-order valence-corrected chi connectivity index (χ0v) is 11.2. The van der Waals surface area contributed by atoms with Crippen molar-refractivity contribution in [3.8, 4) is 0 Å². The molecular weight excluding hydrogens is 260 g/mol. The summed E-state index contributed by atoms with van der Waals surface area (Å²) in [5, 5.41) is 8.39. The highest BCUT2D eigenvalue weighted by atomic mass is 35.5. The summed E-state index contributed by atoms with van der Waals surface area (Å²) >= 11 is 5.93. The van der Waals surface area contributed by atoms with Crippen LogP contribution in [0.25, 0.3) is 5.52 Å². The molecule has 0 bridgehead atoms. The average Bonchev–Trinajstić information content (AvgIpc) is 2.86. The van der Waals surface area contributed by atoms with Gasteiger partial charge < -0.3 is 5.32 Å². The lowest BCUT2D eigenvalue weighted by molar-refractivity contribution is 0.696. The van der Waals surface area contributed by atoms with Crippen molar-refractivity contribution in [1.82, 2.24) is 19.9 Å². The topological polar surface area (TPSA) is 42.2 Å². The molecule has 0 aliphatic carbocycles. The molecular formula is C14H13ClN4. The van der Waals surface area contributed by atoms with Gasteiger partial charge in [-0.2, -0.15) is 5.10 Å². The molecule has 5 heteroatoms. The van der Waals surface area contributed by atoms with E-state index in [1.807, 2.05) is 54.4 Å². The van der Waals surface area contributed by atoms with E-state index in [1.165, 1.54) is 0 Å². The molecule has 2 heterocycles. The lowest BCUT2D eigenvalue weighted by Gasteiger charge is -2.15. The minimum Gasteiger partial charge on any atom is -0.309 e. The highest BCUT2D eigenvalue weighted by Crippen LogP contribution is 2.25. The molecule has 0 spiro atoms. The lowest BCUT2D eigenvalue weighted by Crippen LogP contribution is -2.17. The highest BCUT2D eigenvalue weighted by Gasteiger charge is 2.16. The number of halogens is 1. The van der Waals surface area contributed by atoms with Crippen LogP contribution in [0.2, 0.25) is 5.02 Å². The van der Waals surface area contributed by atoms with Crippen molar-refractivity contribution in [2.24, 2.45) is 0 Å². The fourth-order valence-electron chi connectivity index (χ4n) is 2.23. The van der Waals surface area contributed by atoms with Crippen LogP contribution >= 0.6 is 11.6 Å². The van der Waals surface area contributed by atoms with Gasteiger partial charge in [0.2, 0.25) is 0 Å². The van der Waals surface area contributed by atoms with Gasteiger partial charge in [-0.3, -0.25) is 4.98 Å². The minimum atomic E-state index is 0.0685. The normalized spacial score (nSPS) is 12.7. The third-order valence-electron chi connectivity index (χ3n) is 3.16. The second-order valence-corrected chi connectivity index (χ2v) is 4.72. The van der Waals surface area contributed by atoms with Crippen LogP contribution in [-0.2, 0) is 0 Å². The van der Waals surface area contributed by atoms with Gasteiger partial charge in [0.1, 0.15) is 0 Å². The van der Waals surface area contributed by atoms with Gasteiger partial charge in [0.15, 0.2) is 0 Å². The zero-order valence-electron chi connectivity index (χ0n) is 10.4. The van der Waals surface area contributed by atoms with Crippen LogP contribution < -0.4 is 5.32 Å². The van der Waals surface area contributed by atoms with Crippen molar-refractivity contribution in [3.05, 3.63) is 65.2 Å². The van der Waals surface area contributed by atoms with Gasteiger partial charge in [-0.25, -0.2) is 4.52 Å². The van der Waals surface area contributed by atoms with Crippen molar-refractivity contribution in [2.75, 3.05) is 7.05 Å². The molecule has 1 aromatic carbocycles. The summed E-state index contributed by atoms with van der Waals surface area (Å²) in [6.07, 6.45) is 7.25. The Morgan fingerprint density at radius 1 is 1.21 bits per heavy atom. The molecule has 1 unspecified atom stereocenters. The Balaban J connectivity index is 2.09. The second kappa shape index (κ2) is 4.99. The van der Waals surface area contributed by atoms with Gasteiger partial charge in [0, 0.05) is 23.0 Å². The fraction of sp³-hybridized carbons (Fsp3) is 0.143. The quantitative estimate of drug-likeness (QED) is 0.797. The van der Waals surface area contributed by atoms with Gasteiger partial charge in [0.05, 0.1) is 24.0 Å². The SMILES string of the molecule is CNC(c1ccc(Cl)cc1)c1cnn2ccncc12. The molecule has 1 N–H and O–H groups in total. The summed E-state index contributed by atoms with van der Waals surface area (Å²) in [7, 11) is 1.93. The Morgan fingerprint density at radius 3 is 2.74 bits per heavy atom. The van der Waals surface area contributed by atoms with Gasteiger partial charge >= 0.3 is 0 Å². The number of rotatable bonds is 3. The van der Waals surface area contributed by atoms with Gasteiger partial charge in [-0.1, -0.05) is 23.7 Å². The number of benzene rings is 1. The molecule has 0 amide bonds. The van der Waals surface area contributed by atoms with Crippen LogP contribution in [0, 0.1) is 0 Å². The van der Waals surface area contributed by atoms with E-state index < -0.39 is 0 Å². The van der Waals surface area contributed by atoms with Crippen molar-refractivity contribution in [1.29, 1.82) is 0 Å². The predicted octanol–water partition coefficient (Wildman–Crippen LogP) is 2.69. The number of nitrogens with one attached hydrogen (secondary N) is 1. The maximum Gasteiger partial charge on any atom is 0.0896 e. The Hall–Kier alpha value is -1.91. The van der Waals surface area contributed by atoms with Crippen molar-refractivity contribution >= 4 is 17.1 Å². The minimum absolute atomic E-state index is 0.0685. The van der Waals surface area contributed by atoms with Crippen molar-refractivity contribution in [2.45, 2.75) is 6.04 Å². The number of fused-ring (bicyclic) bond motifs is 1. The smallest absolute Gasteiger partial charge is 0.0896 e. The van der Waals surface area contributed by atoms with Crippen LogP contribution in [0.3, 0.4) is 0 Å². The van der Waals surface area contributed by atoms with E-state index in [0.717, 1.165) is 21.7 Å². The van der Waals surface area contributed by atoms with E-state index in [9.17, 15) is 0 Å². The highest BCUT2D eigenvalue weighted by molar-refractivity contribution is 6.30. The third kappa shape index (κ3) is 2.20. The Kier molecular flexibility index (Phi) is 3.19. The Bertz CT molecular complexity index is 690. The maximum absolute atomic E-state index is 5.93. The molecule has 0 saturated carbocycles. The first-order valence-corrected chi connectivity index (χ1v) is 6.37. The first-order valence-electron chi connectivity index (χ1n) is 5.99. The monoisotopic (exact) mass is 272 g/mol. The van der Waals surface area contributed by atoms with E-state index in [-0.39, 0.29) is 6.04 Å². The molecule has 96 valence electrons. The number of nitrogens with zero attached hydrogens (tertiary/aromatic N) is 3. The van der Waals surface area contributed by atoms with Crippen LogP contribution in [0.5, 0.6) is 0 Å². The standard InChI is InChI=1S/C14H13ClN4/c1-16-14(10-2-4-11(15)5-3-10)12-8-18-19-7-6-17-9-13(12)19/h2-9,14,16H,1H3. The van der Waals surface area contributed by atoms with Gasteiger partial charge in [-0.15, -0.1) is 0 Å². The number of hydrogen-bond donors (Lipinski definition) is 1. The van der Waals surface area contributed by atoms with Crippen LogP contribution in [0.4, 0.5) is 0 Å². The molecule has 1 atom stereocenters. The molecule has 19 heavy (non-hydrogen) atoms. The molecule has 3 aromatic rings. The van der Waals surface area contributed by atoms with E-state index in [4.69, 9.17) is 11.6 Å². The van der Waals surface area contributed by atoms with E-state index >= 15 is 0 Å². The average molecular weight is 273 g/mol. The van der Waals surface area contributed by atoms with E-state index in [0.29, 0.717) is 0 Å². The third-order valence-corrected chi connectivity index (χ3v) is 3.41. The molecule has 0 fully saturated rings. The molecule has 4 nitrogen and oxygen atoms in total. The Morgan fingerprint density at radius 2 is 2.00 bits per heavy atom. The lowest BCUT2D eigenvalue weighted by atomic mass is 10.0. The van der Waals surface area contributed by atoms with Gasteiger partial charge in [-0.05, 0) is 24.7 Å². The summed E-state index contributed by atoms with van der Waals surface area (Å²) in [5.74, 6) is 0. The van der Waals surface area contributed by atoms with E-state index in [2.05, 4.69) is 15.4 Å². The zero-order chi connectivity index (χ0) is 13.2. The number of aromatic nitrogens is 3. The summed E-state index contributed by atoms with van der Waals surface area (Å²) in [6, 6.07) is 7.89. The van der Waals surface area contributed by atoms with Crippen LogP contribution in [0.15, 0.2) is 49.1 Å². The van der Waals surface area contributed by atoms with Crippen molar-refractivity contribution < 1.29 is 0 Å². The molecule has 0 saturated heterocycles. The summed E-state index contributed by atoms with van der Waals surface area (Å²) in [4.78, 5) is 4.16. The number of hydrogen-bond acceptors (Lipinski definition) is 3. The van der Waals surface area contributed by atoms with Crippen LogP contribution in [0.1, 0.15) is 17.2 Å². The van der Waals surface area contributed by atoms with E-state index in [1.54, 1.807) is 6.20 Å². The Labute approximate surface area is 116 Å². The largest absolute Gasteiger partial charge is 0.309 e. The molecule has 0 radical (unpaired) electrons. The first kappa shape index (κ1) is 12.1. The van der Waals surface area contributed by atoms with Gasteiger partial charge in [0.25, 0.3) is 0 Å². The molecule has 0 aliphatic heterocycles. The van der Waals surface area contributed by atoms with Crippen LogP contribution in [-0.4, -0.2) is 21.6 Å². The fourth-order valence-corrected chi connectivity index (χ4v) is 2.36. The summed E-state index contributed by atoms with van der Waals surface area (Å²) < 4.78 is 1.82. The predicted molar refractivity (Wildman–Crippen MR) is 75.3 cm³/mol. The maximum atomic E-state index is 5.93. The summed E-state index contributed by atoms with van der Waals surface area (Å²) in [6.45, 7) is 0.